The minimum atomic E-state index is -2.91. The summed E-state index contributed by atoms with van der Waals surface area (Å²) in [6.45, 7) is 4.59. The summed E-state index contributed by atoms with van der Waals surface area (Å²) in [5.41, 5.74) is 6.90. The summed E-state index contributed by atoms with van der Waals surface area (Å²) in [6, 6.07) is 0. The number of nitrogens with two attached hydrogens (primary N) is 1. The van der Waals surface area contributed by atoms with Crippen LogP contribution < -0.4 is 5.73 Å². The largest absolute Gasteiger partial charge is 0.325 e. The smallest absolute Gasteiger partial charge is 0.150 e. The molecule has 0 aromatic heterocycles. The van der Waals surface area contributed by atoms with E-state index in [-0.39, 0.29) is 10.8 Å². The molecule has 2 fully saturated rings. The molecule has 0 aliphatic heterocycles. The van der Waals surface area contributed by atoms with Crippen molar-refractivity contribution in [3.63, 3.8) is 0 Å². The lowest BCUT2D eigenvalue weighted by Crippen LogP contribution is -2.54. The number of hydrogen-bond donors (Lipinski definition) is 1. The molecule has 2 rings (SSSR count). The molecule has 3 unspecified atom stereocenters. The molecule has 3 nitrogen and oxygen atoms in total. The van der Waals surface area contributed by atoms with Crippen LogP contribution in [0.3, 0.4) is 0 Å². The maximum atomic E-state index is 11.8. The number of hydrogen-bond acceptors (Lipinski definition) is 3. The molecule has 0 aromatic carbocycles. The van der Waals surface area contributed by atoms with E-state index >= 15 is 0 Å². The first-order valence-corrected chi connectivity index (χ1v) is 9.56. The monoisotopic (exact) mass is 287 g/mol. The van der Waals surface area contributed by atoms with Crippen molar-refractivity contribution >= 4 is 9.84 Å². The van der Waals surface area contributed by atoms with Gasteiger partial charge in [-0.3, -0.25) is 0 Å². The van der Waals surface area contributed by atoms with Crippen LogP contribution >= 0.6 is 0 Å². The average molecular weight is 287 g/mol. The van der Waals surface area contributed by atoms with E-state index in [1.165, 1.54) is 19.1 Å². The Labute approximate surface area is 118 Å². The predicted molar refractivity (Wildman–Crippen MR) is 79.8 cm³/mol. The van der Waals surface area contributed by atoms with Crippen LogP contribution in [-0.2, 0) is 9.84 Å². The summed E-state index contributed by atoms with van der Waals surface area (Å²) < 4.78 is 23.6. The van der Waals surface area contributed by atoms with Crippen molar-refractivity contribution in [1.82, 2.24) is 0 Å². The molecular weight excluding hydrogens is 258 g/mol. The van der Waals surface area contributed by atoms with Crippen molar-refractivity contribution in [1.29, 1.82) is 0 Å². The molecule has 2 saturated carbocycles. The molecule has 4 heteroatoms. The van der Waals surface area contributed by atoms with Gasteiger partial charge in [0, 0.05) is 11.8 Å². The van der Waals surface area contributed by atoms with Gasteiger partial charge in [0.2, 0.25) is 0 Å². The van der Waals surface area contributed by atoms with Crippen LogP contribution in [0.2, 0.25) is 0 Å². The summed E-state index contributed by atoms with van der Waals surface area (Å²) >= 11 is 0. The summed E-state index contributed by atoms with van der Waals surface area (Å²) in [4.78, 5) is 0. The quantitative estimate of drug-likeness (QED) is 0.849. The third-order valence-corrected chi connectivity index (χ3v) is 6.99. The topological polar surface area (TPSA) is 60.2 Å². The molecule has 3 atom stereocenters. The number of rotatable bonds is 2. The maximum Gasteiger partial charge on any atom is 0.150 e. The van der Waals surface area contributed by atoms with Gasteiger partial charge in [0.1, 0.15) is 9.84 Å². The lowest BCUT2D eigenvalue weighted by atomic mass is 9.61. The zero-order valence-corrected chi connectivity index (χ0v) is 13.4. The Bertz CT molecular complexity index is 429. The highest BCUT2D eigenvalue weighted by atomic mass is 32.2. The first-order valence-electron chi connectivity index (χ1n) is 7.60. The molecule has 0 radical (unpaired) electrons. The molecule has 0 amide bonds. The zero-order chi connectivity index (χ0) is 14.3. The summed E-state index contributed by atoms with van der Waals surface area (Å²) in [5, 5.41) is -0.156. The van der Waals surface area contributed by atoms with Crippen molar-refractivity contribution in [3.8, 4) is 0 Å². The summed E-state index contributed by atoms with van der Waals surface area (Å²) in [5.74, 6) is 0.389. The van der Waals surface area contributed by atoms with Crippen LogP contribution in [0.1, 0.15) is 65.2 Å². The van der Waals surface area contributed by atoms with E-state index in [2.05, 4.69) is 13.8 Å². The molecule has 2 N–H and O–H groups in total. The number of sulfone groups is 1. The molecule has 0 saturated heterocycles. The Morgan fingerprint density at radius 3 is 2.37 bits per heavy atom. The van der Waals surface area contributed by atoms with Crippen LogP contribution in [0, 0.1) is 11.3 Å². The van der Waals surface area contributed by atoms with Gasteiger partial charge in [-0.15, -0.1) is 0 Å². The van der Waals surface area contributed by atoms with Gasteiger partial charge in [-0.25, -0.2) is 8.42 Å². The van der Waals surface area contributed by atoms with Crippen molar-refractivity contribution in [2.24, 2.45) is 17.1 Å². The Morgan fingerprint density at radius 2 is 1.79 bits per heavy atom. The van der Waals surface area contributed by atoms with Crippen molar-refractivity contribution in [3.05, 3.63) is 0 Å². The van der Waals surface area contributed by atoms with Crippen LogP contribution in [0.4, 0.5) is 0 Å². The normalized spacial score (nSPS) is 40.0. The average Bonchev–Trinajstić information content (AvgIpc) is 2.26. The van der Waals surface area contributed by atoms with Crippen molar-refractivity contribution in [2.75, 3.05) is 6.26 Å². The fourth-order valence-electron chi connectivity index (χ4n) is 4.37. The lowest BCUT2D eigenvalue weighted by molar-refractivity contribution is 0.0826. The van der Waals surface area contributed by atoms with Crippen LogP contribution in [0.5, 0.6) is 0 Å². The zero-order valence-electron chi connectivity index (χ0n) is 12.6. The SMILES string of the molecule is CC1(C)CCCC(N)(C2CCCC(S(C)(=O)=O)C2)C1. The second-order valence-corrected chi connectivity index (χ2v) is 10.1. The molecule has 0 aromatic rings. The van der Waals surface area contributed by atoms with Crippen molar-refractivity contribution < 1.29 is 8.42 Å². The first-order chi connectivity index (χ1) is 8.62. The van der Waals surface area contributed by atoms with Gasteiger partial charge in [-0.2, -0.15) is 0 Å². The molecule has 0 spiro atoms. The molecule has 0 heterocycles. The Hall–Kier alpha value is -0.0900. The molecule has 2 aliphatic carbocycles. The lowest BCUT2D eigenvalue weighted by Gasteiger charge is -2.49. The molecular formula is C15H29NO2S. The van der Waals surface area contributed by atoms with E-state index in [4.69, 9.17) is 5.73 Å². The Morgan fingerprint density at radius 1 is 1.11 bits per heavy atom. The highest BCUT2D eigenvalue weighted by molar-refractivity contribution is 7.91. The maximum absolute atomic E-state index is 11.8. The standard InChI is InChI=1S/C15H29NO2S/c1-14(2)8-5-9-15(16,11-14)12-6-4-7-13(10-12)19(3,17)18/h12-13H,4-11,16H2,1-3H3. The molecule has 2 aliphatic rings. The van der Waals surface area contributed by atoms with Crippen molar-refractivity contribution in [2.45, 2.75) is 76.0 Å². The first kappa shape index (κ1) is 15.3. The van der Waals surface area contributed by atoms with E-state index in [0.29, 0.717) is 11.3 Å². The second-order valence-electron chi connectivity index (χ2n) is 7.74. The minimum absolute atomic E-state index is 0.134. The van der Waals surface area contributed by atoms with Crippen LogP contribution in [0.15, 0.2) is 0 Å². The fraction of sp³-hybridized carbons (Fsp3) is 1.00. The summed E-state index contributed by atoms with van der Waals surface area (Å²) in [7, 11) is -2.91. The Kier molecular flexibility index (Phi) is 4.05. The highest BCUT2D eigenvalue weighted by Crippen LogP contribution is 2.47. The molecule has 0 bridgehead atoms. The van der Waals surface area contributed by atoms with E-state index in [1.807, 2.05) is 0 Å². The van der Waals surface area contributed by atoms with Gasteiger partial charge in [-0.05, 0) is 49.9 Å². The van der Waals surface area contributed by atoms with Gasteiger partial charge in [0.15, 0.2) is 0 Å². The van der Waals surface area contributed by atoms with Gasteiger partial charge >= 0.3 is 0 Å². The third kappa shape index (κ3) is 3.52. The molecule has 19 heavy (non-hydrogen) atoms. The van der Waals surface area contributed by atoms with E-state index in [9.17, 15) is 8.42 Å². The highest BCUT2D eigenvalue weighted by Gasteiger charge is 2.45. The predicted octanol–water partition coefficient (Wildman–Crippen LogP) is 2.89. The van der Waals surface area contributed by atoms with E-state index in [1.54, 1.807) is 0 Å². The summed E-state index contributed by atoms with van der Waals surface area (Å²) in [6.07, 6.45) is 9.66. The van der Waals surface area contributed by atoms with Gasteiger partial charge < -0.3 is 5.73 Å². The second kappa shape index (κ2) is 5.03. The van der Waals surface area contributed by atoms with E-state index in [0.717, 1.165) is 38.5 Å². The van der Waals surface area contributed by atoms with E-state index < -0.39 is 9.84 Å². The van der Waals surface area contributed by atoms with Gasteiger partial charge in [-0.1, -0.05) is 26.7 Å². The van der Waals surface area contributed by atoms with Crippen LogP contribution in [-0.4, -0.2) is 25.5 Å². The van der Waals surface area contributed by atoms with Crippen LogP contribution in [0.25, 0.3) is 0 Å². The fourth-order valence-corrected chi connectivity index (χ4v) is 5.54. The molecule has 112 valence electrons. The van der Waals surface area contributed by atoms with Gasteiger partial charge in [0.05, 0.1) is 5.25 Å². The Balaban J connectivity index is 2.12. The minimum Gasteiger partial charge on any atom is -0.325 e. The van der Waals surface area contributed by atoms with Gasteiger partial charge in [0.25, 0.3) is 0 Å². The third-order valence-electron chi connectivity index (χ3n) is 5.35.